The van der Waals surface area contributed by atoms with E-state index in [9.17, 15) is 18.0 Å². The van der Waals surface area contributed by atoms with Crippen LogP contribution in [0.3, 0.4) is 0 Å². The number of sulfonamides is 1. The highest BCUT2D eigenvalue weighted by Gasteiger charge is 2.13. The summed E-state index contributed by atoms with van der Waals surface area (Å²) in [4.78, 5) is 23.2. The van der Waals surface area contributed by atoms with E-state index in [4.69, 9.17) is 4.74 Å². The van der Waals surface area contributed by atoms with Crippen LogP contribution in [0, 0.1) is 0 Å². The number of esters is 1. The molecule has 0 spiro atoms. The molecule has 2 rings (SSSR count). The van der Waals surface area contributed by atoms with Crippen LogP contribution in [-0.4, -0.2) is 33.4 Å². The van der Waals surface area contributed by atoms with Crippen molar-refractivity contribution in [1.82, 2.24) is 10.0 Å². The predicted octanol–water partition coefficient (Wildman–Crippen LogP) is 2.08. The highest BCUT2D eigenvalue weighted by molar-refractivity contribution is 9.10. The zero-order valence-electron chi connectivity index (χ0n) is 13.9. The summed E-state index contributed by atoms with van der Waals surface area (Å²) in [6, 6.07) is 12.4. The number of benzene rings is 2. The Labute approximate surface area is 159 Å². The normalized spacial score (nSPS) is 11.0. The second-order valence-electron chi connectivity index (χ2n) is 5.23. The van der Waals surface area contributed by atoms with Gasteiger partial charge in [-0.2, -0.15) is 0 Å². The van der Waals surface area contributed by atoms with E-state index in [1.807, 2.05) is 0 Å². The van der Waals surface area contributed by atoms with Gasteiger partial charge in [-0.05, 0) is 42.5 Å². The van der Waals surface area contributed by atoms with Gasteiger partial charge in [-0.15, -0.1) is 0 Å². The van der Waals surface area contributed by atoms with Gasteiger partial charge in [0.1, 0.15) is 5.75 Å². The number of hydrogen-bond donors (Lipinski definition) is 2. The van der Waals surface area contributed by atoms with Crippen LogP contribution in [0.15, 0.2) is 57.9 Å². The molecule has 0 saturated carbocycles. The summed E-state index contributed by atoms with van der Waals surface area (Å²) in [7, 11) is -3.64. The highest BCUT2D eigenvalue weighted by atomic mass is 79.9. The monoisotopic (exact) mass is 440 g/mol. The van der Waals surface area contributed by atoms with Gasteiger partial charge in [-0.25, -0.2) is 13.1 Å². The van der Waals surface area contributed by atoms with Crippen LogP contribution in [-0.2, 0) is 14.8 Å². The third-order valence-electron chi connectivity index (χ3n) is 3.18. The van der Waals surface area contributed by atoms with E-state index >= 15 is 0 Å². The number of halogens is 1. The third kappa shape index (κ3) is 5.94. The molecule has 0 fully saturated rings. The fourth-order valence-corrected chi connectivity index (χ4v) is 3.32. The van der Waals surface area contributed by atoms with Crippen molar-refractivity contribution in [3.05, 3.63) is 58.6 Å². The van der Waals surface area contributed by atoms with Crippen LogP contribution in [0.5, 0.6) is 5.75 Å². The highest BCUT2D eigenvalue weighted by Crippen LogP contribution is 2.15. The van der Waals surface area contributed by atoms with Gasteiger partial charge < -0.3 is 10.1 Å². The second kappa shape index (κ2) is 8.93. The first-order valence-corrected chi connectivity index (χ1v) is 9.87. The molecule has 0 bridgehead atoms. The Balaban J connectivity index is 1.86. The molecule has 0 atom stereocenters. The molecule has 0 heterocycles. The number of carbonyl (C=O) groups is 2. The summed E-state index contributed by atoms with van der Waals surface area (Å²) < 4.78 is 32.3. The van der Waals surface area contributed by atoms with Crippen molar-refractivity contribution in [2.24, 2.45) is 0 Å². The molecule has 0 aliphatic heterocycles. The first-order chi connectivity index (χ1) is 12.3. The Hall–Kier alpha value is -2.23. The Morgan fingerprint density at radius 2 is 1.77 bits per heavy atom. The molecule has 0 aliphatic carbocycles. The lowest BCUT2D eigenvalue weighted by Crippen LogP contribution is -2.34. The standard InChI is InChI=1S/C17H17BrN2O5S/c1-12(21)25-15-4-2-3-13(11-15)17(22)19-9-10-20-26(23,24)16-7-5-14(18)6-8-16/h2-8,11,20H,9-10H2,1H3,(H,19,22). The fourth-order valence-electron chi connectivity index (χ4n) is 2.03. The summed E-state index contributed by atoms with van der Waals surface area (Å²) in [5.41, 5.74) is 0.305. The van der Waals surface area contributed by atoms with Crippen molar-refractivity contribution in [3.63, 3.8) is 0 Å². The summed E-state index contributed by atoms with van der Waals surface area (Å²) in [5.74, 6) is -0.618. The maximum absolute atomic E-state index is 12.1. The smallest absolute Gasteiger partial charge is 0.308 e. The third-order valence-corrected chi connectivity index (χ3v) is 5.19. The minimum Gasteiger partial charge on any atom is -0.427 e. The summed E-state index contributed by atoms with van der Waals surface area (Å²) in [6.07, 6.45) is 0. The molecule has 0 aliphatic rings. The largest absolute Gasteiger partial charge is 0.427 e. The van der Waals surface area contributed by atoms with Gasteiger partial charge in [0, 0.05) is 30.0 Å². The van der Waals surface area contributed by atoms with Crippen molar-refractivity contribution in [3.8, 4) is 5.75 Å². The zero-order chi connectivity index (χ0) is 19.2. The van der Waals surface area contributed by atoms with Crippen LogP contribution in [0.1, 0.15) is 17.3 Å². The lowest BCUT2D eigenvalue weighted by Gasteiger charge is -2.09. The molecule has 26 heavy (non-hydrogen) atoms. The predicted molar refractivity (Wildman–Crippen MR) is 99.4 cm³/mol. The number of ether oxygens (including phenoxy) is 1. The molecule has 0 radical (unpaired) electrons. The van der Waals surface area contributed by atoms with E-state index in [1.54, 1.807) is 30.3 Å². The van der Waals surface area contributed by atoms with Gasteiger partial charge in [0.2, 0.25) is 10.0 Å². The van der Waals surface area contributed by atoms with Crippen LogP contribution < -0.4 is 14.8 Å². The van der Waals surface area contributed by atoms with Crippen molar-refractivity contribution >= 4 is 37.8 Å². The topological polar surface area (TPSA) is 102 Å². The average Bonchev–Trinajstić information content (AvgIpc) is 2.58. The molecule has 7 nitrogen and oxygen atoms in total. The maximum atomic E-state index is 12.1. The Morgan fingerprint density at radius 3 is 2.42 bits per heavy atom. The summed E-state index contributed by atoms with van der Waals surface area (Å²) in [6.45, 7) is 1.41. The van der Waals surface area contributed by atoms with E-state index in [0.29, 0.717) is 5.56 Å². The molecule has 2 aromatic rings. The van der Waals surface area contributed by atoms with Crippen molar-refractivity contribution < 1.29 is 22.7 Å². The number of hydrogen-bond acceptors (Lipinski definition) is 5. The number of rotatable bonds is 7. The van der Waals surface area contributed by atoms with Gasteiger partial charge in [-0.1, -0.05) is 22.0 Å². The van der Waals surface area contributed by atoms with Crippen molar-refractivity contribution in [2.45, 2.75) is 11.8 Å². The van der Waals surface area contributed by atoms with Crippen molar-refractivity contribution in [1.29, 1.82) is 0 Å². The molecule has 0 unspecified atom stereocenters. The molecular weight excluding hydrogens is 424 g/mol. The first-order valence-electron chi connectivity index (χ1n) is 7.60. The van der Waals surface area contributed by atoms with E-state index in [1.165, 1.54) is 25.1 Å². The fraction of sp³-hybridized carbons (Fsp3) is 0.176. The van der Waals surface area contributed by atoms with E-state index in [-0.39, 0.29) is 23.7 Å². The van der Waals surface area contributed by atoms with E-state index in [2.05, 4.69) is 26.0 Å². The van der Waals surface area contributed by atoms with Crippen molar-refractivity contribution in [2.75, 3.05) is 13.1 Å². The van der Waals surface area contributed by atoms with E-state index in [0.717, 1.165) is 4.47 Å². The van der Waals surface area contributed by atoms with Gasteiger partial charge in [0.25, 0.3) is 5.91 Å². The molecule has 9 heteroatoms. The minimum absolute atomic E-state index is 0.0355. The molecule has 2 aromatic carbocycles. The molecule has 138 valence electrons. The molecule has 2 N–H and O–H groups in total. The lowest BCUT2D eigenvalue weighted by molar-refractivity contribution is -0.131. The molecule has 0 saturated heterocycles. The Morgan fingerprint density at radius 1 is 1.08 bits per heavy atom. The maximum Gasteiger partial charge on any atom is 0.308 e. The van der Waals surface area contributed by atoms with Gasteiger partial charge in [0.15, 0.2) is 0 Å². The second-order valence-corrected chi connectivity index (χ2v) is 7.91. The first kappa shape index (κ1) is 20.1. The molecule has 0 aromatic heterocycles. The van der Waals surface area contributed by atoms with E-state index < -0.39 is 21.9 Å². The SMILES string of the molecule is CC(=O)Oc1cccc(C(=O)NCCNS(=O)(=O)c2ccc(Br)cc2)c1. The van der Waals surface area contributed by atoms with Crippen LogP contribution in [0.2, 0.25) is 0 Å². The Kier molecular flexibility index (Phi) is 6.90. The van der Waals surface area contributed by atoms with Gasteiger partial charge >= 0.3 is 5.97 Å². The molecular formula is C17H17BrN2O5S. The van der Waals surface area contributed by atoms with Crippen LogP contribution >= 0.6 is 15.9 Å². The lowest BCUT2D eigenvalue weighted by atomic mass is 10.2. The number of nitrogens with one attached hydrogen (secondary N) is 2. The summed E-state index contributed by atoms with van der Waals surface area (Å²) in [5, 5.41) is 2.60. The van der Waals surface area contributed by atoms with Crippen LogP contribution in [0.25, 0.3) is 0 Å². The minimum atomic E-state index is -3.64. The molecule has 1 amide bonds. The quantitative estimate of drug-likeness (QED) is 0.389. The van der Waals surface area contributed by atoms with Crippen LogP contribution in [0.4, 0.5) is 0 Å². The van der Waals surface area contributed by atoms with Gasteiger partial charge in [0.05, 0.1) is 4.90 Å². The average molecular weight is 441 g/mol. The zero-order valence-corrected chi connectivity index (χ0v) is 16.3. The Bertz CT molecular complexity index is 898. The summed E-state index contributed by atoms with van der Waals surface area (Å²) >= 11 is 3.24. The van der Waals surface area contributed by atoms with Gasteiger partial charge in [-0.3, -0.25) is 9.59 Å². The number of carbonyl (C=O) groups excluding carboxylic acids is 2. The number of amides is 1.